The SMILES string of the molecule is Cn1c(SCC(=O)NCc2ccco2)nnc1-c1ccc(Cl)cc1Cl. The number of thioether (sulfide) groups is 1. The number of carbonyl (C=O) groups excluding carboxylic acids is 1. The van der Waals surface area contributed by atoms with Crippen molar-refractivity contribution in [3.63, 3.8) is 0 Å². The first-order chi connectivity index (χ1) is 12.0. The fourth-order valence-electron chi connectivity index (χ4n) is 2.13. The summed E-state index contributed by atoms with van der Waals surface area (Å²) in [7, 11) is 1.82. The van der Waals surface area contributed by atoms with Gasteiger partial charge in [-0.2, -0.15) is 0 Å². The average Bonchev–Trinajstić information content (AvgIpc) is 3.21. The van der Waals surface area contributed by atoms with Gasteiger partial charge in [-0.3, -0.25) is 4.79 Å². The fourth-order valence-corrected chi connectivity index (χ4v) is 3.36. The lowest BCUT2D eigenvalue weighted by Gasteiger charge is -2.06. The average molecular weight is 397 g/mol. The maximum absolute atomic E-state index is 11.9. The Hall–Kier alpha value is -1.96. The van der Waals surface area contributed by atoms with Crippen molar-refractivity contribution in [1.29, 1.82) is 0 Å². The highest BCUT2D eigenvalue weighted by atomic mass is 35.5. The van der Waals surface area contributed by atoms with Crippen LogP contribution in [0.1, 0.15) is 5.76 Å². The van der Waals surface area contributed by atoms with Crippen LogP contribution >= 0.6 is 35.0 Å². The number of nitrogens with one attached hydrogen (secondary N) is 1. The van der Waals surface area contributed by atoms with Crippen molar-refractivity contribution < 1.29 is 9.21 Å². The molecule has 3 aromatic rings. The molecular weight excluding hydrogens is 383 g/mol. The summed E-state index contributed by atoms with van der Waals surface area (Å²) in [5.41, 5.74) is 0.732. The third kappa shape index (κ3) is 4.36. The molecule has 25 heavy (non-hydrogen) atoms. The van der Waals surface area contributed by atoms with Gasteiger partial charge in [0.2, 0.25) is 5.91 Å². The number of rotatable bonds is 6. The molecule has 1 N–H and O–H groups in total. The smallest absolute Gasteiger partial charge is 0.230 e. The van der Waals surface area contributed by atoms with E-state index in [4.69, 9.17) is 27.6 Å². The van der Waals surface area contributed by atoms with E-state index < -0.39 is 0 Å². The highest BCUT2D eigenvalue weighted by Crippen LogP contribution is 2.30. The first-order valence-corrected chi connectivity index (χ1v) is 9.05. The topological polar surface area (TPSA) is 73.0 Å². The first kappa shape index (κ1) is 17.8. The van der Waals surface area contributed by atoms with Crippen molar-refractivity contribution in [2.45, 2.75) is 11.7 Å². The van der Waals surface area contributed by atoms with Gasteiger partial charge < -0.3 is 14.3 Å². The Bertz CT molecular complexity index is 880. The van der Waals surface area contributed by atoms with E-state index in [2.05, 4.69) is 15.5 Å². The van der Waals surface area contributed by atoms with Crippen molar-refractivity contribution in [2.75, 3.05) is 5.75 Å². The van der Waals surface area contributed by atoms with Gasteiger partial charge in [-0.25, -0.2) is 0 Å². The molecule has 0 unspecified atom stereocenters. The number of amides is 1. The van der Waals surface area contributed by atoms with Crippen LogP contribution < -0.4 is 5.32 Å². The van der Waals surface area contributed by atoms with E-state index in [1.54, 1.807) is 41.2 Å². The molecule has 9 heteroatoms. The maximum Gasteiger partial charge on any atom is 0.230 e. The number of furan rings is 1. The first-order valence-electron chi connectivity index (χ1n) is 7.31. The van der Waals surface area contributed by atoms with Gasteiger partial charge in [0.1, 0.15) is 5.76 Å². The molecule has 0 aliphatic heterocycles. The largest absolute Gasteiger partial charge is 0.467 e. The molecule has 1 amide bonds. The van der Waals surface area contributed by atoms with Crippen LogP contribution in [0.4, 0.5) is 0 Å². The molecule has 0 aliphatic carbocycles. The van der Waals surface area contributed by atoms with E-state index in [0.717, 1.165) is 5.56 Å². The van der Waals surface area contributed by atoms with Gasteiger partial charge in [-0.15, -0.1) is 10.2 Å². The summed E-state index contributed by atoms with van der Waals surface area (Å²) in [6.45, 7) is 0.358. The quantitative estimate of drug-likeness (QED) is 0.641. The van der Waals surface area contributed by atoms with Gasteiger partial charge in [0.15, 0.2) is 11.0 Å². The van der Waals surface area contributed by atoms with Crippen LogP contribution in [-0.2, 0) is 18.4 Å². The Balaban J connectivity index is 1.62. The molecule has 6 nitrogen and oxygen atoms in total. The number of carbonyl (C=O) groups is 1. The Kier molecular flexibility index (Phi) is 5.67. The van der Waals surface area contributed by atoms with Gasteiger partial charge in [-0.1, -0.05) is 35.0 Å². The zero-order valence-corrected chi connectivity index (χ0v) is 15.5. The second-order valence-corrected chi connectivity index (χ2v) is 6.92. The van der Waals surface area contributed by atoms with E-state index in [-0.39, 0.29) is 11.7 Å². The molecule has 0 spiro atoms. The van der Waals surface area contributed by atoms with Gasteiger partial charge in [0.05, 0.1) is 23.6 Å². The highest BCUT2D eigenvalue weighted by Gasteiger charge is 2.15. The number of halogens is 2. The van der Waals surface area contributed by atoms with Crippen molar-refractivity contribution in [3.8, 4) is 11.4 Å². The summed E-state index contributed by atoms with van der Waals surface area (Å²) in [5.74, 6) is 1.42. The van der Waals surface area contributed by atoms with Crippen molar-refractivity contribution >= 4 is 40.9 Å². The normalized spacial score (nSPS) is 10.8. The minimum atomic E-state index is -0.115. The summed E-state index contributed by atoms with van der Waals surface area (Å²) in [5, 5.41) is 12.7. The molecule has 3 rings (SSSR count). The van der Waals surface area contributed by atoms with Gasteiger partial charge in [0, 0.05) is 17.6 Å². The van der Waals surface area contributed by atoms with Crippen LogP contribution in [0.5, 0.6) is 0 Å². The van der Waals surface area contributed by atoms with Crippen LogP contribution in [0.2, 0.25) is 10.0 Å². The molecule has 0 saturated heterocycles. The van der Waals surface area contributed by atoms with Crippen LogP contribution in [-0.4, -0.2) is 26.4 Å². The molecule has 1 aromatic carbocycles. The molecule has 0 bridgehead atoms. The summed E-state index contributed by atoms with van der Waals surface area (Å²) < 4.78 is 6.96. The van der Waals surface area contributed by atoms with Crippen molar-refractivity contribution in [1.82, 2.24) is 20.1 Å². The lowest BCUT2D eigenvalue weighted by molar-refractivity contribution is -0.118. The highest BCUT2D eigenvalue weighted by molar-refractivity contribution is 7.99. The van der Waals surface area contributed by atoms with Gasteiger partial charge >= 0.3 is 0 Å². The molecular formula is C16H14Cl2N4O2S. The monoisotopic (exact) mass is 396 g/mol. The Morgan fingerprint density at radius 3 is 2.88 bits per heavy atom. The summed E-state index contributed by atoms with van der Waals surface area (Å²) in [4.78, 5) is 11.9. The molecule has 0 radical (unpaired) electrons. The molecule has 2 heterocycles. The minimum absolute atomic E-state index is 0.115. The van der Waals surface area contributed by atoms with E-state index in [1.807, 2.05) is 7.05 Å². The number of hydrogen-bond acceptors (Lipinski definition) is 5. The van der Waals surface area contributed by atoms with E-state index >= 15 is 0 Å². The standard InChI is InChI=1S/C16H14Cl2N4O2S/c1-22-15(12-5-4-10(17)7-13(12)18)20-21-16(22)25-9-14(23)19-8-11-3-2-6-24-11/h2-7H,8-9H2,1H3,(H,19,23). The van der Waals surface area contributed by atoms with Gasteiger partial charge in [0.25, 0.3) is 0 Å². The summed E-state index contributed by atoms with van der Waals surface area (Å²) in [6.07, 6.45) is 1.57. The molecule has 0 fully saturated rings. The third-order valence-corrected chi connectivity index (χ3v) is 4.95. The van der Waals surface area contributed by atoms with Crippen LogP contribution in [0.15, 0.2) is 46.2 Å². The maximum atomic E-state index is 11.9. The second-order valence-electron chi connectivity index (χ2n) is 5.13. The Morgan fingerprint density at radius 2 is 2.16 bits per heavy atom. The molecule has 0 saturated carbocycles. The van der Waals surface area contributed by atoms with Gasteiger partial charge in [-0.05, 0) is 30.3 Å². The molecule has 130 valence electrons. The predicted octanol–water partition coefficient (Wildman–Crippen LogP) is 3.79. The van der Waals surface area contributed by atoms with Crippen molar-refractivity contribution in [3.05, 3.63) is 52.4 Å². The molecule has 0 atom stereocenters. The van der Waals surface area contributed by atoms with Crippen LogP contribution in [0, 0.1) is 0 Å². The predicted molar refractivity (Wildman–Crippen MR) is 97.7 cm³/mol. The van der Waals surface area contributed by atoms with E-state index in [1.165, 1.54) is 11.8 Å². The number of benzene rings is 1. The number of aromatic nitrogens is 3. The number of nitrogens with zero attached hydrogens (tertiary/aromatic N) is 3. The number of hydrogen-bond donors (Lipinski definition) is 1. The zero-order valence-electron chi connectivity index (χ0n) is 13.2. The van der Waals surface area contributed by atoms with Crippen LogP contribution in [0.3, 0.4) is 0 Å². The fraction of sp³-hybridized carbons (Fsp3) is 0.188. The third-order valence-electron chi connectivity index (χ3n) is 3.38. The van der Waals surface area contributed by atoms with E-state index in [9.17, 15) is 4.79 Å². The molecule has 0 aliphatic rings. The second kappa shape index (κ2) is 7.95. The zero-order chi connectivity index (χ0) is 17.8. The minimum Gasteiger partial charge on any atom is -0.467 e. The molecule has 2 aromatic heterocycles. The van der Waals surface area contributed by atoms with Crippen molar-refractivity contribution in [2.24, 2.45) is 7.05 Å². The van der Waals surface area contributed by atoms with E-state index in [0.29, 0.717) is 33.3 Å². The lowest BCUT2D eigenvalue weighted by Crippen LogP contribution is -2.24. The summed E-state index contributed by atoms with van der Waals surface area (Å²) in [6, 6.07) is 8.77. The Morgan fingerprint density at radius 1 is 1.32 bits per heavy atom. The Labute approximate surface area is 158 Å². The summed E-state index contributed by atoms with van der Waals surface area (Å²) >= 11 is 13.4. The lowest BCUT2D eigenvalue weighted by atomic mass is 10.2. The van der Waals surface area contributed by atoms with Crippen LogP contribution in [0.25, 0.3) is 11.4 Å².